The zero-order valence-corrected chi connectivity index (χ0v) is 15.1. The maximum Gasteiger partial charge on any atom is 0.262 e. The molecule has 4 rings (SSSR count). The summed E-state index contributed by atoms with van der Waals surface area (Å²) >= 11 is 1.49. The molecule has 0 saturated carbocycles. The van der Waals surface area contributed by atoms with Crippen LogP contribution in [0.15, 0.2) is 75.2 Å². The molecule has 0 unspecified atom stereocenters. The average molecular weight is 363 g/mol. The van der Waals surface area contributed by atoms with E-state index in [9.17, 15) is 4.79 Å². The van der Waals surface area contributed by atoms with Crippen LogP contribution in [0.3, 0.4) is 0 Å². The van der Waals surface area contributed by atoms with Crippen LogP contribution in [0.5, 0.6) is 0 Å². The standard InChI is InChI=1S/C20H17N3O2S/c1-2-23-19(24)16-10-6-7-11-17(16)22-20(23)26-13-15-12-25-18(21-15)14-8-4-3-5-9-14/h3-12H,2,13H2,1H3. The first-order valence-corrected chi connectivity index (χ1v) is 9.37. The second-order valence-corrected chi connectivity index (χ2v) is 6.70. The normalized spacial score (nSPS) is 11.1. The van der Waals surface area contributed by atoms with Gasteiger partial charge in [-0.25, -0.2) is 9.97 Å². The van der Waals surface area contributed by atoms with Gasteiger partial charge >= 0.3 is 0 Å². The Balaban J connectivity index is 1.60. The highest BCUT2D eigenvalue weighted by Gasteiger charge is 2.12. The highest BCUT2D eigenvalue weighted by molar-refractivity contribution is 7.98. The van der Waals surface area contributed by atoms with Crippen molar-refractivity contribution >= 4 is 22.7 Å². The summed E-state index contributed by atoms with van der Waals surface area (Å²) in [6.45, 7) is 2.53. The molecule has 5 nitrogen and oxygen atoms in total. The molecule has 2 aromatic heterocycles. The summed E-state index contributed by atoms with van der Waals surface area (Å²) in [7, 11) is 0. The molecule has 0 aliphatic carbocycles. The van der Waals surface area contributed by atoms with Gasteiger partial charge in [-0.05, 0) is 31.2 Å². The van der Waals surface area contributed by atoms with E-state index in [1.807, 2.05) is 61.5 Å². The van der Waals surface area contributed by atoms with Crippen LogP contribution in [0.25, 0.3) is 22.4 Å². The van der Waals surface area contributed by atoms with E-state index in [1.165, 1.54) is 11.8 Å². The molecule has 2 aromatic carbocycles. The lowest BCUT2D eigenvalue weighted by Gasteiger charge is -2.10. The summed E-state index contributed by atoms with van der Waals surface area (Å²) in [6.07, 6.45) is 1.66. The Hall–Kier alpha value is -2.86. The lowest BCUT2D eigenvalue weighted by atomic mass is 10.2. The molecule has 26 heavy (non-hydrogen) atoms. The third-order valence-electron chi connectivity index (χ3n) is 4.06. The maximum absolute atomic E-state index is 12.7. The van der Waals surface area contributed by atoms with E-state index in [4.69, 9.17) is 4.42 Å². The number of thioether (sulfide) groups is 1. The molecule has 0 fully saturated rings. The van der Waals surface area contributed by atoms with Crippen LogP contribution in [0, 0.1) is 0 Å². The van der Waals surface area contributed by atoms with Gasteiger partial charge in [0.25, 0.3) is 5.56 Å². The molecule has 0 bridgehead atoms. The van der Waals surface area contributed by atoms with E-state index in [1.54, 1.807) is 10.8 Å². The molecule has 4 aromatic rings. The highest BCUT2D eigenvalue weighted by Crippen LogP contribution is 2.24. The van der Waals surface area contributed by atoms with Crippen molar-refractivity contribution in [3.63, 3.8) is 0 Å². The van der Waals surface area contributed by atoms with Crippen LogP contribution in [0.2, 0.25) is 0 Å². The minimum atomic E-state index is -0.00859. The Labute approximate surface area is 154 Å². The van der Waals surface area contributed by atoms with Gasteiger partial charge in [0.05, 0.1) is 16.6 Å². The van der Waals surface area contributed by atoms with Crippen molar-refractivity contribution in [2.75, 3.05) is 0 Å². The molecule has 0 N–H and O–H groups in total. The molecule has 0 atom stereocenters. The molecule has 130 valence electrons. The van der Waals surface area contributed by atoms with Crippen LogP contribution in [-0.4, -0.2) is 14.5 Å². The highest BCUT2D eigenvalue weighted by atomic mass is 32.2. The summed E-state index contributed by atoms with van der Waals surface area (Å²) in [5.74, 6) is 1.18. The smallest absolute Gasteiger partial charge is 0.262 e. The largest absolute Gasteiger partial charge is 0.444 e. The quantitative estimate of drug-likeness (QED) is 0.389. The van der Waals surface area contributed by atoms with Crippen molar-refractivity contribution in [3.8, 4) is 11.5 Å². The molecule has 0 amide bonds. The van der Waals surface area contributed by atoms with E-state index in [0.717, 1.165) is 16.8 Å². The van der Waals surface area contributed by atoms with E-state index in [2.05, 4.69) is 9.97 Å². The van der Waals surface area contributed by atoms with E-state index in [-0.39, 0.29) is 5.56 Å². The maximum atomic E-state index is 12.7. The van der Waals surface area contributed by atoms with Crippen molar-refractivity contribution in [3.05, 3.63) is 76.9 Å². The third-order valence-corrected chi connectivity index (χ3v) is 5.07. The van der Waals surface area contributed by atoms with Gasteiger partial charge in [-0.3, -0.25) is 9.36 Å². The van der Waals surface area contributed by atoms with Gasteiger partial charge in [0.15, 0.2) is 5.16 Å². The SMILES string of the molecule is CCn1c(SCc2coc(-c3ccccc3)n2)nc2ccccc2c1=O. The van der Waals surface area contributed by atoms with Crippen molar-refractivity contribution in [1.82, 2.24) is 14.5 Å². The number of hydrogen-bond acceptors (Lipinski definition) is 5. The van der Waals surface area contributed by atoms with Gasteiger partial charge in [0, 0.05) is 17.9 Å². The predicted octanol–water partition coefficient (Wildman–Crippen LogP) is 4.36. The first-order valence-electron chi connectivity index (χ1n) is 8.38. The Kier molecular flexibility index (Phi) is 4.58. The van der Waals surface area contributed by atoms with Gasteiger partial charge in [0.1, 0.15) is 6.26 Å². The van der Waals surface area contributed by atoms with Crippen molar-refractivity contribution < 1.29 is 4.42 Å². The summed E-state index contributed by atoms with van der Waals surface area (Å²) in [4.78, 5) is 21.8. The Bertz CT molecular complexity index is 1100. The number of nitrogens with zero attached hydrogens (tertiary/aromatic N) is 3. The lowest BCUT2D eigenvalue weighted by molar-refractivity contribution is 0.573. The van der Waals surface area contributed by atoms with Gasteiger partial charge in [0.2, 0.25) is 5.89 Å². The molecule has 0 aliphatic heterocycles. The third kappa shape index (κ3) is 3.15. The first kappa shape index (κ1) is 16.6. The number of rotatable bonds is 5. The van der Waals surface area contributed by atoms with Gasteiger partial charge in [-0.15, -0.1) is 0 Å². The van der Waals surface area contributed by atoms with Crippen LogP contribution < -0.4 is 5.56 Å². The average Bonchev–Trinajstić information content (AvgIpc) is 3.16. The molecule has 2 heterocycles. The first-order chi connectivity index (χ1) is 12.8. The predicted molar refractivity (Wildman–Crippen MR) is 103 cm³/mol. The monoisotopic (exact) mass is 363 g/mol. The minimum Gasteiger partial charge on any atom is -0.444 e. The summed E-state index contributed by atoms with van der Waals surface area (Å²) in [5, 5.41) is 1.34. The lowest BCUT2D eigenvalue weighted by Crippen LogP contribution is -2.22. The number of fused-ring (bicyclic) bond motifs is 1. The van der Waals surface area contributed by atoms with Crippen LogP contribution in [-0.2, 0) is 12.3 Å². The van der Waals surface area contributed by atoms with Crippen molar-refractivity contribution in [1.29, 1.82) is 0 Å². The number of oxazole rings is 1. The summed E-state index contributed by atoms with van der Waals surface area (Å²) < 4.78 is 7.28. The number of benzene rings is 2. The van der Waals surface area contributed by atoms with Gasteiger partial charge < -0.3 is 4.42 Å². The molecule has 0 spiro atoms. The Morgan fingerprint density at radius 2 is 1.81 bits per heavy atom. The molecule has 6 heteroatoms. The summed E-state index contributed by atoms with van der Waals surface area (Å²) in [5.41, 5.74) is 2.47. The van der Waals surface area contributed by atoms with Gasteiger partial charge in [-0.2, -0.15) is 0 Å². The molecule has 0 aliphatic rings. The summed E-state index contributed by atoms with van der Waals surface area (Å²) in [6, 6.07) is 17.2. The number of aromatic nitrogens is 3. The topological polar surface area (TPSA) is 60.9 Å². The second kappa shape index (κ2) is 7.17. The van der Waals surface area contributed by atoms with E-state index >= 15 is 0 Å². The Morgan fingerprint density at radius 3 is 2.62 bits per heavy atom. The van der Waals surface area contributed by atoms with Crippen LogP contribution >= 0.6 is 11.8 Å². The fourth-order valence-electron chi connectivity index (χ4n) is 2.76. The molecular formula is C20H17N3O2S. The van der Waals surface area contributed by atoms with Crippen LogP contribution in [0.4, 0.5) is 0 Å². The molecular weight excluding hydrogens is 346 g/mol. The molecule has 0 radical (unpaired) electrons. The van der Waals surface area contributed by atoms with Crippen LogP contribution in [0.1, 0.15) is 12.6 Å². The zero-order chi connectivity index (χ0) is 17.9. The minimum absolute atomic E-state index is 0.00859. The zero-order valence-electron chi connectivity index (χ0n) is 14.3. The molecule has 0 saturated heterocycles. The fourth-order valence-corrected chi connectivity index (χ4v) is 3.70. The second-order valence-electron chi connectivity index (χ2n) is 5.76. The number of hydrogen-bond donors (Lipinski definition) is 0. The van der Waals surface area contributed by atoms with E-state index < -0.39 is 0 Å². The fraction of sp³-hybridized carbons (Fsp3) is 0.150. The van der Waals surface area contributed by atoms with Gasteiger partial charge in [-0.1, -0.05) is 42.1 Å². The Morgan fingerprint density at radius 1 is 1.04 bits per heavy atom. The van der Waals surface area contributed by atoms with Crippen molar-refractivity contribution in [2.45, 2.75) is 24.4 Å². The van der Waals surface area contributed by atoms with E-state index in [0.29, 0.717) is 28.7 Å². The number of para-hydroxylation sites is 1. The van der Waals surface area contributed by atoms with Crippen molar-refractivity contribution in [2.24, 2.45) is 0 Å².